The maximum Gasteiger partial charge on any atom is 0.276 e. The van der Waals surface area contributed by atoms with Crippen LogP contribution in [0.25, 0.3) is 0 Å². The van der Waals surface area contributed by atoms with E-state index in [0.29, 0.717) is 18.8 Å². The number of hydrogen-bond donors (Lipinski definition) is 0. The fraction of sp³-hybridized carbons (Fsp3) is 0.391. The first kappa shape index (κ1) is 20.2. The van der Waals surface area contributed by atoms with Crippen molar-refractivity contribution in [1.29, 1.82) is 0 Å². The normalized spacial score (nSPS) is 15.2. The van der Waals surface area contributed by atoms with Crippen molar-refractivity contribution >= 4 is 5.91 Å². The van der Waals surface area contributed by atoms with Gasteiger partial charge in [0.1, 0.15) is 0 Å². The molecule has 1 fully saturated rings. The van der Waals surface area contributed by atoms with E-state index < -0.39 is 0 Å². The van der Waals surface area contributed by atoms with E-state index in [0.717, 1.165) is 36.9 Å². The molecule has 4 rings (SSSR count). The van der Waals surface area contributed by atoms with Crippen LogP contribution in [0.2, 0.25) is 0 Å². The molecule has 0 bridgehead atoms. The Morgan fingerprint density at radius 2 is 2.00 bits per heavy atom. The van der Waals surface area contributed by atoms with Crippen LogP contribution in [-0.2, 0) is 19.5 Å². The van der Waals surface area contributed by atoms with Crippen LogP contribution in [0, 0.1) is 5.92 Å². The summed E-state index contributed by atoms with van der Waals surface area (Å²) in [5.74, 6) is 1.27. The smallest absolute Gasteiger partial charge is 0.276 e. The molecule has 0 unspecified atom stereocenters. The number of rotatable bonds is 7. The van der Waals surface area contributed by atoms with Gasteiger partial charge in [0.2, 0.25) is 0 Å². The first-order chi connectivity index (χ1) is 14.7. The fourth-order valence-corrected chi connectivity index (χ4v) is 3.93. The SMILES string of the molecule is CN(Cc1cnccn1)C(=O)c1cc(CN2CCC(Cc3ccccc3)CC2)on1. The first-order valence-electron chi connectivity index (χ1n) is 10.4. The quantitative estimate of drug-likeness (QED) is 0.601. The van der Waals surface area contributed by atoms with Gasteiger partial charge in [0.15, 0.2) is 11.5 Å². The Morgan fingerprint density at radius 1 is 1.20 bits per heavy atom. The lowest BCUT2D eigenvalue weighted by atomic mass is 9.90. The summed E-state index contributed by atoms with van der Waals surface area (Å²) < 4.78 is 5.44. The van der Waals surface area contributed by atoms with Gasteiger partial charge in [-0.2, -0.15) is 0 Å². The summed E-state index contributed by atoms with van der Waals surface area (Å²) in [5, 5.41) is 3.99. The molecule has 3 aromatic rings. The summed E-state index contributed by atoms with van der Waals surface area (Å²) in [4.78, 5) is 24.8. The number of carbonyl (C=O) groups excluding carboxylic acids is 1. The predicted octanol–water partition coefficient (Wildman–Crippen LogP) is 3.19. The Bertz CT molecular complexity index is 936. The molecule has 0 radical (unpaired) electrons. The van der Waals surface area contributed by atoms with Crippen LogP contribution in [0.5, 0.6) is 0 Å². The average Bonchev–Trinajstić information content (AvgIpc) is 3.24. The maximum atomic E-state index is 12.6. The molecule has 1 aromatic carbocycles. The highest BCUT2D eigenvalue weighted by molar-refractivity contribution is 5.92. The molecule has 156 valence electrons. The van der Waals surface area contributed by atoms with Gasteiger partial charge in [0, 0.05) is 25.5 Å². The first-order valence-corrected chi connectivity index (χ1v) is 10.4. The zero-order chi connectivity index (χ0) is 20.8. The number of amides is 1. The summed E-state index contributed by atoms with van der Waals surface area (Å²) in [6, 6.07) is 12.5. The molecule has 0 spiro atoms. The number of carbonyl (C=O) groups is 1. The molecular formula is C23H27N5O2. The summed E-state index contributed by atoms with van der Waals surface area (Å²) >= 11 is 0. The predicted molar refractivity (Wildman–Crippen MR) is 112 cm³/mol. The molecule has 7 heteroatoms. The molecule has 0 N–H and O–H groups in total. The van der Waals surface area contributed by atoms with Gasteiger partial charge < -0.3 is 9.42 Å². The molecule has 30 heavy (non-hydrogen) atoms. The number of piperidine rings is 1. The molecule has 7 nitrogen and oxygen atoms in total. The van der Waals surface area contributed by atoms with E-state index >= 15 is 0 Å². The lowest BCUT2D eigenvalue weighted by Gasteiger charge is -2.31. The minimum atomic E-state index is -0.183. The summed E-state index contributed by atoms with van der Waals surface area (Å²) in [6.07, 6.45) is 8.38. The number of hydrogen-bond acceptors (Lipinski definition) is 6. The fourth-order valence-electron chi connectivity index (χ4n) is 3.93. The van der Waals surface area contributed by atoms with Crippen molar-refractivity contribution in [2.75, 3.05) is 20.1 Å². The zero-order valence-electron chi connectivity index (χ0n) is 17.3. The molecule has 1 amide bonds. The third kappa shape index (κ3) is 5.30. The van der Waals surface area contributed by atoms with E-state index in [1.807, 2.05) is 0 Å². The summed E-state index contributed by atoms with van der Waals surface area (Å²) in [7, 11) is 1.73. The molecule has 2 aromatic heterocycles. The second-order valence-corrected chi connectivity index (χ2v) is 7.95. The van der Waals surface area contributed by atoms with Crippen LogP contribution in [0.15, 0.2) is 59.5 Å². The molecular weight excluding hydrogens is 378 g/mol. The summed E-state index contributed by atoms with van der Waals surface area (Å²) in [6.45, 7) is 3.14. The van der Waals surface area contributed by atoms with Gasteiger partial charge in [-0.3, -0.25) is 19.7 Å². The van der Waals surface area contributed by atoms with E-state index in [1.54, 1.807) is 36.6 Å². The number of benzene rings is 1. The second kappa shape index (κ2) is 9.63. The molecule has 0 saturated carbocycles. The maximum absolute atomic E-state index is 12.6. The van der Waals surface area contributed by atoms with Crippen molar-refractivity contribution in [1.82, 2.24) is 24.9 Å². The van der Waals surface area contributed by atoms with Gasteiger partial charge in [-0.25, -0.2) is 0 Å². The van der Waals surface area contributed by atoms with Crippen LogP contribution >= 0.6 is 0 Å². The van der Waals surface area contributed by atoms with Crippen molar-refractivity contribution in [2.24, 2.45) is 5.92 Å². The van der Waals surface area contributed by atoms with Crippen molar-refractivity contribution in [3.63, 3.8) is 0 Å². The monoisotopic (exact) mass is 405 g/mol. The van der Waals surface area contributed by atoms with Gasteiger partial charge >= 0.3 is 0 Å². The van der Waals surface area contributed by atoms with Crippen LogP contribution < -0.4 is 0 Å². The van der Waals surface area contributed by atoms with Gasteiger partial charge in [0.05, 0.1) is 25.0 Å². The zero-order valence-corrected chi connectivity index (χ0v) is 17.3. The Morgan fingerprint density at radius 3 is 2.73 bits per heavy atom. The van der Waals surface area contributed by atoms with Crippen LogP contribution in [0.1, 0.15) is 40.3 Å². The van der Waals surface area contributed by atoms with Crippen LogP contribution in [-0.4, -0.2) is 51.0 Å². The van der Waals surface area contributed by atoms with E-state index in [2.05, 4.69) is 50.4 Å². The standard InChI is InChI=1S/C23H27N5O2/c1-27(16-20-15-24-9-10-25-20)23(29)22-14-21(30-26-22)17-28-11-7-19(8-12-28)13-18-5-3-2-4-6-18/h2-6,9-10,14-15,19H,7-8,11-13,16-17H2,1H3. The highest BCUT2D eigenvalue weighted by atomic mass is 16.5. The topological polar surface area (TPSA) is 75.4 Å². The Kier molecular flexibility index (Phi) is 6.49. The largest absolute Gasteiger partial charge is 0.359 e. The molecule has 1 aliphatic rings. The van der Waals surface area contributed by atoms with E-state index in [4.69, 9.17) is 4.52 Å². The Balaban J connectivity index is 1.26. The van der Waals surface area contributed by atoms with Gasteiger partial charge in [-0.05, 0) is 43.8 Å². The minimum Gasteiger partial charge on any atom is -0.359 e. The molecule has 1 saturated heterocycles. The Hall–Kier alpha value is -3.06. The van der Waals surface area contributed by atoms with Crippen molar-refractivity contribution in [3.05, 3.63) is 77.7 Å². The number of likely N-dealkylation sites (tertiary alicyclic amines) is 1. The van der Waals surface area contributed by atoms with Crippen molar-refractivity contribution in [3.8, 4) is 0 Å². The highest BCUT2D eigenvalue weighted by Crippen LogP contribution is 2.23. The van der Waals surface area contributed by atoms with Crippen LogP contribution in [0.4, 0.5) is 0 Å². The molecule has 0 atom stereocenters. The molecule has 0 aliphatic carbocycles. The van der Waals surface area contributed by atoms with Gasteiger partial charge in [-0.1, -0.05) is 35.5 Å². The third-order valence-electron chi connectivity index (χ3n) is 5.59. The average molecular weight is 406 g/mol. The lowest BCUT2D eigenvalue weighted by Crippen LogP contribution is -2.33. The highest BCUT2D eigenvalue weighted by Gasteiger charge is 2.22. The van der Waals surface area contributed by atoms with Crippen LogP contribution in [0.3, 0.4) is 0 Å². The van der Waals surface area contributed by atoms with Crippen molar-refractivity contribution in [2.45, 2.75) is 32.4 Å². The third-order valence-corrected chi connectivity index (χ3v) is 5.59. The second-order valence-electron chi connectivity index (χ2n) is 7.95. The van der Waals surface area contributed by atoms with E-state index in [1.165, 1.54) is 18.4 Å². The van der Waals surface area contributed by atoms with E-state index in [9.17, 15) is 4.79 Å². The van der Waals surface area contributed by atoms with Gasteiger partial charge in [0.25, 0.3) is 5.91 Å². The summed E-state index contributed by atoms with van der Waals surface area (Å²) in [5.41, 5.74) is 2.48. The minimum absolute atomic E-state index is 0.183. The Labute approximate surface area is 176 Å². The number of nitrogens with zero attached hydrogens (tertiary/aromatic N) is 5. The van der Waals surface area contributed by atoms with Gasteiger partial charge in [-0.15, -0.1) is 0 Å². The van der Waals surface area contributed by atoms with Crippen molar-refractivity contribution < 1.29 is 9.32 Å². The lowest BCUT2D eigenvalue weighted by molar-refractivity contribution is 0.0772. The van der Waals surface area contributed by atoms with E-state index in [-0.39, 0.29) is 5.91 Å². The number of aromatic nitrogens is 3. The molecule has 1 aliphatic heterocycles. The molecule has 3 heterocycles.